The number of hydrogen-bond acceptors (Lipinski definition) is 5. The highest BCUT2D eigenvalue weighted by Gasteiger charge is 2.35. The molecule has 0 unspecified atom stereocenters. The fourth-order valence-electron chi connectivity index (χ4n) is 7.96. The molecule has 5 aromatic rings. The van der Waals surface area contributed by atoms with Crippen LogP contribution in [0.2, 0.25) is 0 Å². The molecular weight excluding hydrogens is 765 g/mol. The highest BCUT2D eigenvalue weighted by molar-refractivity contribution is 6.40. The van der Waals surface area contributed by atoms with E-state index < -0.39 is 11.5 Å². The maximum absolute atomic E-state index is 13.9. The maximum atomic E-state index is 13.9. The molecule has 0 fully saturated rings. The van der Waals surface area contributed by atoms with Crippen molar-refractivity contribution in [2.75, 3.05) is 4.90 Å². The minimum atomic E-state index is -0.527. The third-order valence-corrected chi connectivity index (χ3v) is 11.9. The Labute approximate surface area is 368 Å². The van der Waals surface area contributed by atoms with Crippen LogP contribution in [0.5, 0.6) is 5.75 Å². The minimum Gasteiger partial charge on any atom is -0.871 e. The first kappa shape index (κ1) is 43.7. The zero-order valence-corrected chi connectivity index (χ0v) is 38.3. The number of phenols is 1. The number of benzene rings is 5. The van der Waals surface area contributed by atoms with Gasteiger partial charge >= 0.3 is 0 Å². The van der Waals surface area contributed by atoms with Crippen LogP contribution < -0.4 is 14.6 Å². The van der Waals surface area contributed by atoms with E-state index >= 15 is 0 Å². The number of carbonyl (C=O) groups excluding carboxylic acids is 1. The van der Waals surface area contributed by atoms with E-state index in [4.69, 9.17) is 0 Å². The zero-order valence-electron chi connectivity index (χ0n) is 38.3. The number of rotatable bonds is 6. The predicted octanol–water partition coefficient (Wildman–Crippen LogP) is 13.0. The summed E-state index contributed by atoms with van der Waals surface area (Å²) in [6.45, 7) is 26.1. The Balaban J connectivity index is 1.25. The lowest BCUT2D eigenvalue weighted by molar-refractivity contribution is -0.297. The van der Waals surface area contributed by atoms with Gasteiger partial charge in [-0.1, -0.05) is 137 Å². The van der Waals surface area contributed by atoms with Gasteiger partial charge in [0.25, 0.3) is 0 Å². The molecule has 6 heteroatoms. The monoisotopic (exact) mass is 824 g/mol. The van der Waals surface area contributed by atoms with Gasteiger partial charge in [0, 0.05) is 75.8 Å². The number of aromatic hydroxyl groups is 1. The second kappa shape index (κ2) is 15.8. The van der Waals surface area contributed by atoms with Crippen molar-refractivity contribution in [1.82, 2.24) is 4.58 Å². The van der Waals surface area contributed by atoms with Crippen LogP contribution in [-0.2, 0) is 26.5 Å². The van der Waals surface area contributed by atoms with E-state index in [9.17, 15) is 20.1 Å². The average molecular weight is 825 g/mol. The van der Waals surface area contributed by atoms with Gasteiger partial charge in [0.1, 0.15) is 11.5 Å². The number of allylic oxidation sites excluding steroid dienone is 5. The van der Waals surface area contributed by atoms with Crippen LogP contribution >= 0.6 is 0 Å². The predicted molar refractivity (Wildman–Crippen MR) is 256 cm³/mol. The van der Waals surface area contributed by atoms with Gasteiger partial charge < -0.3 is 20.2 Å². The lowest BCUT2D eigenvalue weighted by atomic mass is 9.79. The standard InChI is InChI=1S/C56H60N2O4/c1-53(2,3)35-13-21-39(22-14-35)57(40-23-15-36(16-24-40)54(4,5)6)43-29-31-45(47(59)33-43)49-51(61)50(52(49)62)46-32-30-44(34-48(46)60)58(41-25-17-37(18-26-41)55(7,8)9)42-27-19-38(20-28-42)56(10,11)12/h13-34H,1-12H3,(H2,59,60,61,62). The summed E-state index contributed by atoms with van der Waals surface area (Å²) in [4.78, 5) is 16.0. The SMILES string of the molecule is CC(C)(C)c1ccc(N(c2ccc(C(C)(C)C)cc2)c2ccc(C3=C([O-])/C(=C4\C=CC(=[N+](c5ccc(C(C)(C)C)cc5)c5ccc(C(C)(C)C)cc5)C=C4O)C3=O)c(O)c2)cc1. The molecule has 0 saturated carbocycles. The van der Waals surface area contributed by atoms with E-state index in [2.05, 4.69) is 190 Å². The Morgan fingerprint density at radius 3 is 1.24 bits per heavy atom. The van der Waals surface area contributed by atoms with Crippen LogP contribution in [0, 0.1) is 0 Å². The first-order valence-corrected chi connectivity index (χ1v) is 21.5. The van der Waals surface area contributed by atoms with Crippen molar-refractivity contribution in [2.24, 2.45) is 0 Å². The summed E-state index contributed by atoms with van der Waals surface area (Å²) < 4.78 is 2.05. The number of anilines is 3. The van der Waals surface area contributed by atoms with Crippen molar-refractivity contribution in [1.29, 1.82) is 0 Å². The Morgan fingerprint density at radius 2 is 0.887 bits per heavy atom. The largest absolute Gasteiger partial charge is 0.871 e. The summed E-state index contributed by atoms with van der Waals surface area (Å²) in [6, 6.07) is 38.5. The van der Waals surface area contributed by atoms with Gasteiger partial charge in [-0.3, -0.25) is 4.79 Å². The number of ketones is 1. The van der Waals surface area contributed by atoms with Gasteiger partial charge in [0.15, 0.2) is 5.78 Å². The third-order valence-electron chi connectivity index (χ3n) is 11.9. The minimum absolute atomic E-state index is 0.0242. The fraction of sp³-hybridized carbons (Fsp3) is 0.286. The molecule has 318 valence electrons. The van der Waals surface area contributed by atoms with Crippen LogP contribution in [-0.4, -0.2) is 21.7 Å². The quantitative estimate of drug-likeness (QED) is 0.132. The molecule has 7 rings (SSSR count). The lowest BCUT2D eigenvalue weighted by Gasteiger charge is -2.33. The number of carbonyl (C=O) groups is 1. The number of aliphatic hydroxyl groups excluding tert-OH is 1. The summed E-state index contributed by atoms with van der Waals surface area (Å²) in [5.41, 5.74) is 9.70. The van der Waals surface area contributed by atoms with Crippen molar-refractivity contribution >= 4 is 45.5 Å². The summed E-state index contributed by atoms with van der Waals surface area (Å²) in [7, 11) is 0. The van der Waals surface area contributed by atoms with Crippen LogP contribution in [0.3, 0.4) is 0 Å². The first-order valence-electron chi connectivity index (χ1n) is 21.5. The number of aliphatic hydroxyl groups is 1. The van der Waals surface area contributed by atoms with E-state index in [1.54, 1.807) is 24.3 Å². The van der Waals surface area contributed by atoms with E-state index in [-0.39, 0.29) is 55.5 Å². The Kier molecular flexibility index (Phi) is 11.1. The summed E-state index contributed by atoms with van der Waals surface area (Å²) in [5, 5.41) is 37.0. The van der Waals surface area contributed by atoms with Gasteiger partial charge in [0.2, 0.25) is 17.1 Å². The Bertz CT molecular complexity index is 2580. The van der Waals surface area contributed by atoms with Crippen LogP contribution in [0.1, 0.15) is 111 Å². The number of hydrogen-bond donors (Lipinski definition) is 2. The Hall–Kier alpha value is -6.40. The molecule has 0 atom stereocenters. The molecule has 2 aliphatic carbocycles. The van der Waals surface area contributed by atoms with Gasteiger partial charge in [0.05, 0.1) is 6.08 Å². The number of phenolic OH excluding ortho intramolecular Hbond substituents is 1. The molecule has 6 nitrogen and oxygen atoms in total. The molecule has 0 saturated heterocycles. The summed E-state index contributed by atoms with van der Waals surface area (Å²) in [6.07, 6.45) is 5.04. The van der Waals surface area contributed by atoms with Crippen LogP contribution in [0.4, 0.5) is 28.4 Å². The van der Waals surface area contributed by atoms with E-state index in [1.165, 1.54) is 22.3 Å². The van der Waals surface area contributed by atoms with Crippen molar-refractivity contribution in [3.8, 4) is 5.75 Å². The number of nitrogens with zero attached hydrogens (tertiary/aromatic N) is 2. The molecular formula is C56H60N2O4. The smallest absolute Gasteiger partial charge is 0.215 e. The fourth-order valence-corrected chi connectivity index (χ4v) is 7.96. The van der Waals surface area contributed by atoms with Crippen molar-refractivity contribution in [2.45, 2.75) is 105 Å². The molecule has 0 heterocycles. The first-order chi connectivity index (χ1) is 28.9. The molecule has 0 spiro atoms. The molecule has 5 aromatic carbocycles. The van der Waals surface area contributed by atoms with E-state index in [0.29, 0.717) is 11.4 Å². The van der Waals surface area contributed by atoms with Crippen molar-refractivity contribution in [3.05, 3.63) is 184 Å². The van der Waals surface area contributed by atoms with Crippen molar-refractivity contribution < 1.29 is 20.1 Å². The van der Waals surface area contributed by atoms with Crippen LogP contribution in [0.15, 0.2) is 156 Å². The Morgan fingerprint density at radius 1 is 0.500 bits per heavy atom. The zero-order chi connectivity index (χ0) is 45.1. The highest BCUT2D eigenvalue weighted by Crippen LogP contribution is 2.45. The lowest BCUT2D eigenvalue weighted by Crippen LogP contribution is -2.31. The molecule has 2 N–H and O–H groups in total. The van der Waals surface area contributed by atoms with Gasteiger partial charge in [-0.05, 0) is 86.4 Å². The molecule has 62 heavy (non-hydrogen) atoms. The number of Topliss-reactive ketones (excluding diaryl/α,β-unsaturated/α-hetero) is 1. The third kappa shape index (κ3) is 8.56. The highest BCUT2D eigenvalue weighted by atomic mass is 16.3. The van der Waals surface area contributed by atoms with Crippen LogP contribution in [0.25, 0.3) is 5.57 Å². The molecule has 0 amide bonds. The molecule has 0 aliphatic heterocycles. The second-order valence-corrected chi connectivity index (χ2v) is 20.7. The van der Waals surface area contributed by atoms with Gasteiger partial charge in [-0.25, -0.2) is 0 Å². The topological polar surface area (TPSA) is 86.8 Å². The molecule has 2 aliphatic rings. The molecule has 0 bridgehead atoms. The van der Waals surface area contributed by atoms with E-state index in [1.807, 2.05) is 12.1 Å². The second-order valence-electron chi connectivity index (χ2n) is 20.7. The van der Waals surface area contributed by atoms with E-state index in [0.717, 1.165) is 22.7 Å². The summed E-state index contributed by atoms with van der Waals surface area (Å²) in [5.74, 6) is -1.43. The summed E-state index contributed by atoms with van der Waals surface area (Å²) >= 11 is 0. The van der Waals surface area contributed by atoms with Gasteiger partial charge in [-0.2, -0.15) is 4.58 Å². The average Bonchev–Trinajstić information content (AvgIpc) is 3.19. The maximum Gasteiger partial charge on any atom is 0.215 e. The normalized spacial score (nSPS) is 16.0. The van der Waals surface area contributed by atoms with Crippen molar-refractivity contribution in [3.63, 3.8) is 0 Å². The molecule has 0 radical (unpaired) electrons. The van der Waals surface area contributed by atoms with Gasteiger partial charge in [-0.15, -0.1) is 0 Å². The molecule has 0 aromatic heterocycles.